The van der Waals surface area contributed by atoms with Crippen LogP contribution in [-0.2, 0) is 4.79 Å². The van der Waals surface area contributed by atoms with E-state index < -0.39 is 0 Å². The summed E-state index contributed by atoms with van der Waals surface area (Å²) in [6, 6.07) is 0. The summed E-state index contributed by atoms with van der Waals surface area (Å²) in [6.45, 7) is 1.87. The van der Waals surface area contributed by atoms with Crippen molar-refractivity contribution in [2.45, 2.75) is 31.8 Å². The third kappa shape index (κ3) is 2.95. The van der Waals surface area contributed by atoms with Gasteiger partial charge >= 0.3 is 0 Å². The summed E-state index contributed by atoms with van der Waals surface area (Å²) in [5.74, 6) is 1.29. The normalized spacial score (nSPS) is 30.5. The lowest BCUT2D eigenvalue weighted by molar-refractivity contribution is -0.134. The molecule has 4 nitrogen and oxygen atoms in total. The molecule has 0 aromatic rings. The first-order valence-corrected chi connectivity index (χ1v) is 6.31. The van der Waals surface area contributed by atoms with E-state index in [0.717, 1.165) is 25.3 Å². The molecule has 2 fully saturated rings. The number of hydrogen-bond acceptors (Lipinski definition) is 3. The van der Waals surface area contributed by atoms with Gasteiger partial charge in [0.25, 0.3) is 0 Å². The van der Waals surface area contributed by atoms with Gasteiger partial charge in [0.1, 0.15) is 0 Å². The number of nitrogens with one attached hydrogen (secondary N) is 1. The molecule has 0 radical (unpaired) electrons. The van der Waals surface area contributed by atoms with Crippen LogP contribution in [0.2, 0.25) is 0 Å². The Kier molecular flexibility index (Phi) is 3.82. The number of rotatable bonds is 4. The van der Waals surface area contributed by atoms with E-state index in [2.05, 4.69) is 5.32 Å². The first kappa shape index (κ1) is 11.9. The summed E-state index contributed by atoms with van der Waals surface area (Å²) in [5.41, 5.74) is 0. The number of nitrogens with zero attached hydrogens (tertiary/aromatic N) is 1. The topological polar surface area (TPSA) is 52.6 Å². The largest absolute Gasteiger partial charge is 0.393 e. The Bertz CT molecular complexity index is 253. The Hall–Kier alpha value is -0.610. The Morgan fingerprint density at radius 1 is 1.44 bits per heavy atom. The SMILES string of the molecule is CNCC(=O)N1CC[C@H](O)[C@H](CC2CC2)C1. The fourth-order valence-electron chi connectivity index (χ4n) is 2.52. The van der Waals surface area contributed by atoms with Crippen molar-refractivity contribution in [1.82, 2.24) is 10.2 Å². The molecule has 2 rings (SSSR count). The maximum Gasteiger partial charge on any atom is 0.236 e. The smallest absolute Gasteiger partial charge is 0.236 e. The number of hydrogen-bond donors (Lipinski definition) is 2. The number of carbonyl (C=O) groups excluding carboxylic acids is 1. The molecule has 92 valence electrons. The van der Waals surface area contributed by atoms with Gasteiger partial charge in [-0.05, 0) is 25.8 Å². The quantitative estimate of drug-likeness (QED) is 0.721. The molecular formula is C12H22N2O2. The Labute approximate surface area is 97.0 Å². The summed E-state index contributed by atoms with van der Waals surface area (Å²) < 4.78 is 0. The summed E-state index contributed by atoms with van der Waals surface area (Å²) in [4.78, 5) is 13.6. The zero-order valence-electron chi connectivity index (χ0n) is 9.98. The number of likely N-dealkylation sites (N-methyl/N-ethyl adjacent to an activating group) is 1. The third-order valence-corrected chi connectivity index (χ3v) is 3.71. The van der Waals surface area contributed by atoms with Crippen LogP contribution >= 0.6 is 0 Å². The molecule has 16 heavy (non-hydrogen) atoms. The van der Waals surface area contributed by atoms with Crippen LogP contribution in [0, 0.1) is 11.8 Å². The lowest BCUT2D eigenvalue weighted by Gasteiger charge is -2.36. The van der Waals surface area contributed by atoms with Crippen LogP contribution in [0.15, 0.2) is 0 Å². The van der Waals surface area contributed by atoms with Crippen LogP contribution in [0.3, 0.4) is 0 Å². The van der Waals surface area contributed by atoms with Gasteiger partial charge in [-0.25, -0.2) is 0 Å². The minimum atomic E-state index is -0.195. The van der Waals surface area contributed by atoms with Gasteiger partial charge in [-0.1, -0.05) is 12.8 Å². The van der Waals surface area contributed by atoms with Crippen molar-refractivity contribution in [3.05, 3.63) is 0 Å². The molecule has 1 amide bonds. The second-order valence-electron chi connectivity index (χ2n) is 5.17. The third-order valence-electron chi connectivity index (χ3n) is 3.71. The number of likely N-dealkylation sites (tertiary alicyclic amines) is 1. The lowest BCUT2D eigenvalue weighted by atomic mass is 9.90. The molecule has 1 aliphatic carbocycles. The van der Waals surface area contributed by atoms with E-state index >= 15 is 0 Å². The summed E-state index contributed by atoms with van der Waals surface area (Å²) >= 11 is 0. The van der Waals surface area contributed by atoms with Crippen molar-refractivity contribution in [3.63, 3.8) is 0 Å². The Balaban J connectivity index is 1.84. The summed E-state index contributed by atoms with van der Waals surface area (Å²) in [5, 5.41) is 12.8. The lowest BCUT2D eigenvalue weighted by Crippen LogP contribution is -2.48. The molecular weight excluding hydrogens is 204 g/mol. The van der Waals surface area contributed by atoms with Crippen LogP contribution < -0.4 is 5.32 Å². The molecule has 1 saturated carbocycles. The van der Waals surface area contributed by atoms with Crippen molar-refractivity contribution in [2.24, 2.45) is 11.8 Å². The van der Waals surface area contributed by atoms with E-state index in [-0.39, 0.29) is 12.0 Å². The standard InChI is InChI=1S/C12H22N2O2/c1-13-7-12(16)14-5-4-11(15)10(8-14)6-9-2-3-9/h9-11,13,15H,2-8H2,1H3/t10-,11+/m1/s1. The van der Waals surface area contributed by atoms with Gasteiger partial charge in [0, 0.05) is 19.0 Å². The van der Waals surface area contributed by atoms with Gasteiger partial charge in [0.2, 0.25) is 5.91 Å². The van der Waals surface area contributed by atoms with E-state index in [1.165, 1.54) is 12.8 Å². The van der Waals surface area contributed by atoms with E-state index in [9.17, 15) is 9.90 Å². The van der Waals surface area contributed by atoms with Gasteiger partial charge in [-0.15, -0.1) is 0 Å². The second kappa shape index (κ2) is 5.15. The second-order valence-corrected chi connectivity index (χ2v) is 5.17. The van der Waals surface area contributed by atoms with Gasteiger partial charge < -0.3 is 15.3 Å². The molecule has 0 unspecified atom stereocenters. The minimum absolute atomic E-state index is 0.162. The fourth-order valence-corrected chi connectivity index (χ4v) is 2.52. The highest BCUT2D eigenvalue weighted by Gasteiger charge is 2.34. The first-order chi connectivity index (χ1) is 7.70. The maximum absolute atomic E-state index is 11.7. The van der Waals surface area contributed by atoms with E-state index in [1.54, 1.807) is 7.05 Å². The van der Waals surface area contributed by atoms with Crippen molar-refractivity contribution < 1.29 is 9.90 Å². The van der Waals surface area contributed by atoms with E-state index in [1.807, 2.05) is 4.90 Å². The highest BCUT2D eigenvalue weighted by Crippen LogP contribution is 2.37. The number of piperidine rings is 1. The van der Waals surface area contributed by atoms with Crippen LogP contribution in [0.1, 0.15) is 25.7 Å². The van der Waals surface area contributed by atoms with Gasteiger partial charge in [-0.3, -0.25) is 4.79 Å². The first-order valence-electron chi connectivity index (χ1n) is 6.31. The maximum atomic E-state index is 11.7. The molecule has 2 aliphatic rings. The van der Waals surface area contributed by atoms with Crippen LogP contribution in [0.5, 0.6) is 0 Å². The molecule has 2 N–H and O–H groups in total. The molecule has 0 spiro atoms. The van der Waals surface area contributed by atoms with Crippen LogP contribution in [0.25, 0.3) is 0 Å². The van der Waals surface area contributed by atoms with Crippen LogP contribution in [-0.4, -0.2) is 48.7 Å². The predicted octanol–water partition coefficient (Wildman–Crippen LogP) is 0.215. The number of aliphatic hydroxyl groups excluding tert-OH is 1. The summed E-state index contributed by atoms with van der Waals surface area (Å²) in [7, 11) is 1.79. The van der Waals surface area contributed by atoms with Crippen LogP contribution in [0.4, 0.5) is 0 Å². The monoisotopic (exact) mass is 226 g/mol. The van der Waals surface area contributed by atoms with Crippen molar-refractivity contribution in [2.75, 3.05) is 26.7 Å². The van der Waals surface area contributed by atoms with Gasteiger partial charge in [-0.2, -0.15) is 0 Å². The van der Waals surface area contributed by atoms with Crippen molar-refractivity contribution >= 4 is 5.91 Å². The van der Waals surface area contributed by atoms with Gasteiger partial charge in [0.15, 0.2) is 0 Å². The molecule has 0 aromatic heterocycles. The molecule has 1 heterocycles. The molecule has 0 bridgehead atoms. The molecule has 4 heteroatoms. The Morgan fingerprint density at radius 2 is 2.19 bits per heavy atom. The predicted molar refractivity (Wildman–Crippen MR) is 62.0 cm³/mol. The van der Waals surface area contributed by atoms with E-state index in [4.69, 9.17) is 0 Å². The van der Waals surface area contributed by atoms with Crippen molar-refractivity contribution in [1.29, 1.82) is 0 Å². The minimum Gasteiger partial charge on any atom is -0.393 e. The fraction of sp³-hybridized carbons (Fsp3) is 0.917. The highest BCUT2D eigenvalue weighted by molar-refractivity contribution is 5.78. The molecule has 1 saturated heterocycles. The van der Waals surface area contributed by atoms with Gasteiger partial charge in [0.05, 0.1) is 12.6 Å². The number of carbonyl (C=O) groups is 1. The van der Waals surface area contributed by atoms with E-state index in [0.29, 0.717) is 19.0 Å². The number of amides is 1. The zero-order valence-corrected chi connectivity index (χ0v) is 9.98. The summed E-state index contributed by atoms with van der Waals surface area (Å²) in [6.07, 6.45) is 4.28. The average molecular weight is 226 g/mol. The zero-order chi connectivity index (χ0) is 11.5. The highest BCUT2D eigenvalue weighted by atomic mass is 16.3. The molecule has 0 aromatic carbocycles. The molecule has 2 atom stereocenters. The Morgan fingerprint density at radius 3 is 2.81 bits per heavy atom. The number of aliphatic hydroxyl groups is 1. The van der Waals surface area contributed by atoms with Crippen molar-refractivity contribution in [3.8, 4) is 0 Å². The molecule has 1 aliphatic heterocycles. The average Bonchev–Trinajstić information content (AvgIpc) is 3.05.